The first-order valence-corrected chi connectivity index (χ1v) is 11.6. The molecule has 0 spiro atoms. The van der Waals surface area contributed by atoms with Gasteiger partial charge in [-0.1, -0.05) is 73.9 Å². The third kappa shape index (κ3) is 6.14. The fraction of sp³-hybridized carbons (Fsp3) is 0.0909. The van der Waals surface area contributed by atoms with E-state index in [1.807, 2.05) is 86.6 Å². The molecule has 0 atom stereocenters. The largest absolute Gasteiger partial charge is 0.478 e. The van der Waals surface area contributed by atoms with E-state index in [0.717, 1.165) is 11.1 Å². The number of carbonyl (C=O) groups is 2. The molecule has 2 N–H and O–H groups in total. The number of hydrogen-bond donors (Lipinski definition) is 2. The van der Waals surface area contributed by atoms with E-state index in [0.29, 0.717) is 22.3 Å². The predicted octanol–water partition coefficient (Wildman–Crippen LogP) is 6.21. The second-order valence-electron chi connectivity index (χ2n) is 9.07. The molecule has 0 unspecified atom stereocenters. The molecule has 0 aliphatic heterocycles. The fourth-order valence-electron chi connectivity index (χ4n) is 3.87. The summed E-state index contributed by atoms with van der Waals surface area (Å²) in [6, 6.07) is 28.9. The van der Waals surface area contributed by atoms with Crippen molar-refractivity contribution in [1.29, 1.82) is 0 Å². The highest BCUT2D eigenvalue weighted by Gasteiger charge is 2.26. The van der Waals surface area contributed by atoms with Crippen molar-refractivity contribution < 1.29 is 19.8 Å². The van der Waals surface area contributed by atoms with Gasteiger partial charge in [-0.25, -0.2) is 9.59 Å². The highest BCUT2D eigenvalue weighted by Crippen LogP contribution is 2.34. The molecule has 4 aromatic rings. The molecular formula is C33H24O4. The van der Waals surface area contributed by atoms with Crippen molar-refractivity contribution in [3.63, 3.8) is 0 Å². The summed E-state index contributed by atoms with van der Waals surface area (Å²) < 4.78 is 0. The van der Waals surface area contributed by atoms with Gasteiger partial charge >= 0.3 is 11.9 Å². The molecule has 37 heavy (non-hydrogen) atoms. The lowest BCUT2D eigenvalue weighted by molar-refractivity contribution is 0.0686. The Balaban J connectivity index is 1.81. The van der Waals surface area contributed by atoms with Gasteiger partial charge in [0.15, 0.2) is 0 Å². The number of hydrogen-bond acceptors (Lipinski definition) is 2. The van der Waals surface area contributed by atoms with Crippen LogP contribution in [-0.4, -0.2) is 22.2 Å². The maximum atomic E-state index is 11.9. The molecule has 0 aliphatic carbocycles. The van der Waals surface area contributed by atoms with Crippen LogP contribution in [0.4, 0.5) is 0 Å². The van der Waals surface area contributed by atoms with Crippen molar-refractivity contribution in [3.8, 4) is 23.7 Å². The lowest BCUT2D eigenvalue weighted by atomic mass is 9.76. The van der Waals surface area contributed by atoms with Gasteiger partial charge in [-0.2, -0.15) is 0 Å². The van der Waals surface area contributed by atoms with Gasteiger partial charge < -0.3 is 10.2 Å². The first-order valence-electron chi connectivity index (χ1n) is 11.6. The summed E-state index contributed by atoms with van der Waals surface area (Å²) >= 11 is 0. The Kier molecular flexibility index (Phi) is 7.23. The van der Waals surface area contributed by atoms with E-state index >= 15 is 0 Å². The highest BCUT2D eigenvalue weighted by molar-refractivity contribution is 5.89. The fourth-order valence-corrected chi connectivity index (χ4v) is 3.87. The van der Waals surface area contributed by atoms with Crippen molar-refractivity contribution in [2.75, 3.05) is 0 Å². The summed E-state index contributed by atoms with van der Waals surface area (Å²) in [4.78, 5) is 23.8. The minimum absolute atomic E-state index is 0.112. The number of carboxylic acid groups (broad SMARTS) is 2. The standard InChI is InChI=1S/C33H24O4/c1-33(2,29-19-25(17-27(21-29)31(34)35)15-13-23-9-5-3-6-10-23)30-20-26(18-28(22-30)32(36)37)16-14-24-11-7-4-8-12-24/h3-12,17-22H,1-2H3,(H,34,35)(H,36,37). The summed E-state index contributed by atoms with van der Waals surface area (Å²) in [5, 5.41) is 19.5. The van der Waals surface area contributed by atoms with Crippen LogP contribution in [-0.2, 0) is 5.41 Å². The Labute approximate surface area is 216 Å². The topological polar surface area (TPSA) is 74.6 Å². The molecule has 0 saturated heterocycles. The van der Waals surface area contributed by atoms with E-state index in [-0.39, 0.29) is 11.1 Å². The van der Waals surface area contributed by atoms with Gasteiger partial charge in [0.1, 0.15) is 0 Å². The average molecular weight is 485 g/mol. The molecule has 0 aliphatic rings. The van der Waals surface area contributed by atoms with Crippen LogP contribution >= 0.6 is 0 Å². The Hall–Kier alpha value is -5.06. The molecule has 0 aromatic heterocycles. The molecule has 0 heterocycles. The lowest BCUT2D eigenvalue weighted by Crippen LogP contribution is -2.21. The average Bonchev–Trinajstić information content (AvgIpc) is 2.91. The lowest BCUT2D eigenvalue weighted by Gasteiger charge is -2.27. The monoisotopic (exact) mass is 484 g/mol. The van der Waals surface area contributed by atoms with Crippen molar-refractivity contribution in [2.45, 2.75) is 19.3 Å². The van der Waals surface area contributed by atoms with Crippen molar-refractivity contribution >= 4 is 11.9 Å². The van der Waals surface area contributed by atoms with Crippen LogP contribution in [0, 0.1) is 23.7 Å². The Morgan fingerprint density at radius 1 is 0.541 bits per heavy atom. The van der Waals surface area contributed by atoms with Crippen LogP contribution in [0.1, 0.15) is 67.9 Å². The van der Waals surface area contributed by atoms with Gasteiger partial charge in [-0.3, -0.25) is 0 Å². The zero-order valence-electron chi connectivity index (χ0n) is 20.4. The molecule has 0 fully saturated rings. The van der Waals surface area contributed by atoms with Crippen molar-refractivity contribution in [2.24, 2.45) is 0 Å². The Bertz CT molecular complexity index is 1470. The SMILES string of the molecule is CC(C)(c1cc(C#Cc2ccccc2)cc(C(=O)O)c1)c1cc(C#Cc2ccccc2)cc(C(=O)O)c1. The van der Waals surface area contributed by atoms with Gasteiger partial charge in [0.05, 0.1) is 11.1 Å². The summed E-state index contributed by atoms with van der Waals surface area (Å²) in [6.07, 6.45) is 0. The zero-order chi connectivity index (χ0) is 26.4. The van der Waals surface area contributed by atoms with Gasteiger partial charge in [-0.05, 0) is 71.8 Å². The van der Waals surface area contributed by atoms with Crippen LogP contribution in [0.5, 0.6) is 0 Å². The van der Waals surface area contributed by atoms with E-state index in [1.165, 1.54) is 0 Å². The van der Waals surface area contributed by atoms with Crippen LogP contribution in [0.15, 0.2) is 97.1 Å². The van der Waals surface area contributed by atoms with E-state index < -0.39 is 17.4 Å². The molecule has 0 amide bonds. The summed E-state index contributed by atoms with van der Waals surface area (Å²) in [5.41, 5.74) is 3.66. The van der Waals surface area contributed by atoms with E-state index in [4.69, 9.17) is 0 Å². The molecular weight excluding hydrogens is 460 g/mol. The summed E-state index contributed by atoms with van der Waals surface area (Å²) in [7, 11) is 0. The first-order chi connectivity index (χ1) is 17.7. The number of aromatic carboxylic acids is 2. The minimum atomic E-state index is -1.06. The van der Waals surface area contributed by atoms with Crippen LogP contribution < -0.4 is 0 Å². The second kappa shape index (κ2) is 10.7. The van der Waals surface area contributed by atoms with E-state index in [1.54, 1.807) is 24.3 Å². The Morgan fingerprint density at radius 3 is 1.24 bits per heavy atom. The normalized spacial score (nSPS) is 10.4. The van der Waals surface area contributed by atoms with Crippen LogP contribution in [0.2, 0.25) is 0 Å². The van der Waals surface area contributed by atoms with E-state index in [2.05, 4.69) is 23.7 Å². The molecule has 4 nitrogen and oxygen atoms in total. The first kappa shape index (κ1) is 25.0. The van der Waals surface area contributed by atoms with Crippen molar-refractivity contribution in [1.82, 2.24) is 0 Å². The molecule has 0 bridgehead atoms. The molecule has 4 heteroatoms. The number of benzene rings is 4. The zero-order valence-corrected chi connectivity index (χ0v) is 20.4. The quantitative estimate of drug-likeness (QED) is 0.338. The van der Waals surface area contributed by atoms with Gasteiger partial charge in [0.25, 0.3) is 0 Å². The Morgan fingerprint density at radius 2 is 0.892 bits per heavy atom. The molecule has 0 radical (unpaired) electrons. The second-order valence-corrected chi connectivity index (χ2v) is 9.07. The highest BCUT2D eigenvalue weighted by atomic mass is 16.4. The van der Waals surface area contributed by atoms with Crippen LogP contribution in [0.25, 0.3) is 0 Å². The summed E-state index contributed by atoms with van der Waals surface area (Å²) in [6.45, 7) is 3.86. The number of carboxylic acids is 2. The minimum Gasteiger partial charge on any atom is -0.478 e. The van der Waals surface area contributed by atoms with Crippen LogP contribution in [0.3, 0.4) is 0 Å². The molecule has 4 rings (SSSR count). The number of rotatable bonds is 4. The smallest absolute Gasteiger partial charge is 0.335 e. The molecule has 180 valence electrons. The maximum absolute atomic E-state index is 11.9. The van der Waals surface area contributed by atoms with Crippen molar-refractivity contribution in [3.05, 3.63) is 142 Å². The van der Waals surface area contributed by atoms with Gasteiger partial charge in [-0.15, -0.1) is 0 Å². The maximum Gasteiger partial charge on any atom is 0.335 e. The van der Waals surface area contributed by atoms with E-state index in [9.17, 15) is 19.8 Å². The third-order valence-corrected chi connectivity index (χ3v) is 6.05. The summed E-state index contributed by atoms with van der Waals surface area (Å²) in [5.74, 6) is 10.2. The molecule has 0 saturated carbocycles. The third-order valence-electron chi connectivity index (χ3n) is 6.05. The van der Waals surface area contributed by atoms with Gasteiger partial charge in [0, 0.05) is 27.7 Å². The van der Waals surface area contributed by atoms with Gasteiger partial charge in [0.2, 0.25) is 0 Å². The molecule has 4 aromatic carbocycles. The predicted molar refractivity (Wildman–Crippen MR) is 144 cm³/mol.